The number of rotatable bonds is 2. The Kier molecular flexibility index (Phi) is 2.43. The maximum atomic E-state index is 13.5. The van der Waals surface area contributed by atoms with Gasteiger partial charge in [-0.05, 0) is 25.0 Å². The Morgan fingerprint density at radius 3 is 3.11 bits per heavy atom. The van der Waals surface area contributed by atoms with Gasteiger partial charge in [-0.25, -0.2) is 9.18 Å². The van der Waals surface area contributed by atoms with Crippen LogP contribution in [-0.4, -0.2) is 28.6 Å². The number of aromatic nitrogens is 1. The zero-order valence-corrected chi connectivity index (χ0v) is 9.47. The number of nitrogens with zero attached hydrogens (tertiary/aromatic N) is 2. The number of carboxylic acid groups (broad SMARTS) is 1. The second-order valence-electron chi connectivity index (χ2n) is 4.27. The van der Waals surface area contributed by atoms with Crippen LogP contribution < -0.4 is 4.90 Å². The van der Waals surface area contributed by atoms with Crippen LogP contribution in [0.5, 0.6) is 0 Å². The maximum absolute atomic E-state index is 13.5. The zero-order chi connectivity index (χ0) is 12.7. The van der Waals surface area contributed by atoms with Crippen molar-refractivity contribution in [1.82, 2.24) is 4.98 Å². The first kappa shape index (κ1) is 11.0. The summed E-state index contributed by atoms with van der Waals surface area (Å²) in [4.78, 5) is 16.7. The highest BCUT2D eigenvalue weighted by molar-refractivity contribution is 5.80. The summed E-state index contributed by atoms with van der Waals surface area (Å²) >= 11 is 0. The van der Waals surface area contributed by atoms with Gasteiger partial charge in [0.1, 0.15) is 11.6 Å². The van der Waals surface area contributed by atoms with Gasteiger partial charge in [0, 0.05) is 6.54 Å². The normalized spacial score (nSPS) is 19.6. The monoisotopic (exact) mass is 250 g/mol. The highest BCUT2D eigenvalue weighted by atomic mass is 19.1. The van der Waals surface area contributed by atoms with E-state index in [0.29, 0.717) is 18.5 Å². The SMILES string of the molecule is O=C(O)[C@H]1CCCN1c1nc2c(F)cccc2o1. The van der Waals surface area contributed by atoms with Gasteiger partial charge >= 0.3 is 5.97 Å². The van der Waals surface area contributed by atoms with Crippen molar-refractivity contribution in [2.24, 2.45) is 0 Å². The van der Waals surface area contributed by atoms with E-state index < -0.39 is 17.8 Å². The molecule has 1 fully saturated rings. The van der Waals surface area contributed by atoms with Crippen molar-refractivity contribution in [1.29, 1.82) is 0 Å². The van der Waals surface area contributed by atoms with Crippen molar-refractivity contribution >= 4 is 23.1 Å². The third kappa shape index (κ3) is 1.61. The molecule has 2 heterocycles. The van der Waals surface area contributed by atoms with Gasteiger partial charge in [-0.15, -0.1) is 0 Å². The molecule has 0 radical (unpaired) electrons. The molecule has 0 aliphatic carbocycles. The van der Waals surface area contributed by atoms with Crippen molar-refractivity contribution in [3.8, 4) is 0 Å². The van der Waals surface area contributed by atoms with E-state index in [0.717, 1.165) is 6.42 Å². The van der Waals surface area contributed by atoms with Crippen molar-refractivity contribution < 1.29 is 18.7 Å². The smallest absolute Gasteiger partial charge is 0.326 e. The fourth-order valence-electron chi connectivity index (χ4n) is 2.28. The molecule has 0 amide bonds. The van der Waals surface area contributed by atoms with Gasteiger partial charge in [-0.3, -0.25) is 0 Å². The van der Waals surface area contributed by atoms with E-state index in [1.54, 1.807) is 11.0 Å². The van der Waals surface area contributed by atoms with Crippen molar-refractivity contribution in [3.63, 3.8) is 0 Å². The van der Waals surface area contributed by atoms with E-state index in [-0.39, 0.29) is 11.5 Å². The van der Waals surface area contributed by atoms with Crippen LogP contribution in [0.15, 0.2) is 22.6 Å². The lowest BCUT2D eigenvalue weighted by molar-refractivity contribution is -0.138. The molecule has 6 heteroatoms. The number of carbonyl (C=O) groups is 1. The molecule has 0 unspecified atom stereocenters. The Bertz CT molecular complexity index is 610. The van der Waals surface area contributed by atoms with E-state index in [4.69, 9.17) is 9.52 Å². The molecule has 1 N–H and O–H groups in total. The molecule has 1 aliphatic rings. The number of halogens is 1. The molecule has 5 nitrogen and oxygen atoms in total. The second kappa shape index (κ2) is 3.97. The number of aliphatic carboxylic acids is 1. The summed E-state index contributed by atoms with van der Waals surface area (Å²) < 4.78 is 18.9. The Hall–Kier alpha value is -2.11. The van der Waals surface area contributed by atoms with Gasteiger partial charge in [0.2, 0.25) is 0 Å². The molecular formula is C12H11FN2O3. The molecule has 0 spiro atoms. The number of benzene rings is 1. The molecule has 1 aromatic heterocycles. The molecule has 1 saturated heterocycles. The quantitative estimate of drug-likeness (QED) is 0.883. The molecule has 1 aromatic carbocycles. The number of oxazole rings is 1. The second-order valence-corrected chi connectivity index (χ2v) is 4.27. The first-order chi connectivity index (χ1) is 8.66. The molecule has 0 bridgehead atoms. The standard InChI is InChI=1S/C12H11FN2O3/c13-7-3-1-5-9-10(7)14-12(18-9)15-6-2-4-8(15)11(16)17/h1,3,5,8H,2,4,6H2,(H,16,17)/t8-/m1/s1. The Labute approximate surface area is 102 Å². The summed E-state index contributed by atoms with van der Waals surface area (Å²) in [6.07, 6.45) is 1.31. The topological polar surface area (TPSA) is 66.6 Å². The van der Waals surface area contributed by atoms with Crippen LogP contribution in [0.2, 0.25) is 0 Å². The molecule has 3 rings (SSSR count). The fourth-order valence-corrected chi connectivity index (χ4v) is 2.28. The van der Waals surface area contributed by atoms with Gasteiger partial charge in [0.25, 0.3) is 6.01 Å². The first-order valence-corrected chi connectivity index (χ1v) is 5.71. The number of anilines is 1. The van der Waals surface area contributed by atoms with Crippen LogP contribution in [-0.2, 0) is 4.79 Å². The highest BCUT2D eigenvalue weighted by Gasteiger charge is 2.33. The number of carboxylic acids is 1. The predicted octanol–water partition coefficient (Wildman–Crippen LogP) is 2.02. The minimum absolute atomic E-state index is 0.142. The van der Waals surface area contributed by atoms with E-state index in [1.807, 2.05) is 0 Å². The summed E-state index contributed by atoms with van der Waals surface area (Å²) in [7, 11) is 0. The van der Waals surface area contributed by atoms with Crippen molar-refractivity contribution in [3.05, 3.63) is 24.0 Å². The Morgan fingerprint density at radius 2 is 2.39 bits per heavy atom. The third-order valence-electron chi connectivity index (χ3n) is 3.14. The van der Waals surface area contributed by atoms with E-state index >= 15 is 0 Å². The van der Waals surface area contributed by atoms with Gasteiger partial charge in [0.15, 0.2) is 11.4 Å². The molecule has 0 saturated carbocycles. The van der Waals surface area contributed by atoms with Crippen molar-refractivity contribution in [2.45, 2.75) is 18.9 Å². The molecule has 18 heavy (non-hydrogen) atoms. The van der Waals surface area contributed by atoms with Crippen LogP contribution in [0, 0.1) is 5.82 Å². The minimum atomic E-state index is -0.907. The van der Waals surface area contributed by atoms with E-state index in [1.165, 1.54) is 12.1 Å². The zero-order valence-electron chi connectivity index (χ0n) is 9.47. The van der Waals surface area contributed by atoms with E-state index in [9.17, 15) is 9.18 Å². The lowest BCUT2D eigenvalue weighted by atomic mass is 10.2. The molecule has 1 aliphatic heterocycles. The third-order valence-corrected chi connectivity index (χ3v) is 3.14. The maximum Gasteiger partial charge on any atom is 0.326 e. The first-order valence-electron chi connectivity index (χ1n) is 5.71. The minimum Gasteiger partial charge on any atom is -0.480 e. The molecule has 2 aromatic rings. The summed E-state index contributed by atoms with van der Waals surface area (Å²) in [5.41, 5.74) is 0.476. The summed E-state index contributed by atoms with van der Waals surface area (Å²) in [5, 5.41) is 9.09. The van der Waals surface area contributed by atoms with E-state index in [2.05, 4.69) is 4.98 Å². The lowest BCUT2D eigenvalue weighted by Gasteiger charge is -2.18. The van der Waals surface area contributed by atoms with Gasteiger partial charge in [0.05, 0.1) is 0 Å². The van der Waals surface area contributed by atoms with Crippen LogP contribution in [0.1, 0.15) is 12.8 Å². The summed E-state index contributed by atoms with van der Waals surface area (Å²) in [6, 6.07) is 3.99. The Morgan fingerprint density at radius 1 is 1.56 bits per heavy atom. The highest BCUT2D eigenvalue weighted by Crippen LogP contribution is 2.29. The molecule has 1 atom stereocenters. The predicted molar refractivity (Wildman–Crippen MR) is 62.0 cm³/mol. The van der Waals surface area contributed by atoms with Gasteiger partial charge < -0.3 is 14.4 Å². The summed E-state index contributed by atoms with van der Waals surface area (Å²) in [5.74, 6) is -1.37. The number of fused-ring (bicyclic) bond motifs is 1. The summed E-state index contributed by atoms with van der Waals surface area (Å²) in [6.45, 7) is 0.561. The lowest BCUT2D eigenvalue weighted by Crippen LogP contribution is -2.36. The molecule has 94 valence electrons. The van der Waals surface area contributed by atoms with Crippen LogP contribution in [0.3, 0.4) is 0 Å². The largest absolute Gasteiger partial charge is 0.480 e. The average Bonchev–Trinajstić information content (AvgIpc) is 2.95. The van der Waals surface area contributed by atoms with Crippen LogP contribution in [0.4, 0.5) is 10.4 Å². The van der Waals surface area contributed by atoms with Crippen molar-refractivity contribution in [2.75, 3.05) is 11.4 Å². The van der Waals surface area contributed by atoms with Crippen LogP contribution in [0.25, 0.3) is 11.1 Å². The number of hydrogen-bond donors (Lipinski definition) is 1. The fraction of sp³-hybridized carbons (Fsp3) is 0.333. The number of hydrogen-bond acceptors (Lipinski definition) is 4. The number of para-hydroxylation sites is 1. The average molecular weight is 250 g/mol. The Balaban J connectivity index is 2.04. The molecular weight excluding hydrogens is 239 g/mol. The van der Waals surface area contributed by atoms with Gasteiger partial charge in [-0.1, -0.05) is 6.07 Å². The van der Waals surface area contributed by atoms with Gasteiger partial charge in [-0.2, -0.15) is 4.98 Å². The van der Waals surface area contributed by atoms with Crippen LogP contribution >= 0.6 is 0 Å².